The lowest BCUT2D eigenvalue weighted by Gasteiger charge is -2.32. The molecule has 0 radical (unpaired) electrons. The topological polar surface area (TPSA) is 67.2 Å². The van der Waals surface area contributed by atoms with Crippen molar-refractivity contribution in [1.29, 1.82) is 0 Å². The van der Waals surface area contributed by atoms with Crippen LogP contribution in [0.15, 0.2) is 42.7 Å². The van der Waals surface area contributed by atoms with Crippen LogP contribution in [0.3, 0.4) is 0 Å². The van der Waals surface area contributed by atoms with Crippen LogP contribution in [0, 0.1) is 11.8 Å². The third-order valence-corrected chi connectivity index (χ3v) is 5.70. The summed E-state index contributed by atoms with van der Waals surface area (Å²) in [7, 11) is 0. The number of hydrogen-bond donors (Lipinski definition) is 1. The fourth-order valence-electron chi connectivity index (χ4n) is 3.56. The van der Waals surface area contributed by atoms with Crippen LogP contribution in [-0.2, 0) is 11.3 Å². The molecular formula is C22H30N4O2. The van der Waals surface area contributed by atoms with E-state index in [2.05, 4.69) is 10.4 Å². The Morgan fingerprint density at radius 1 is 1.21 bits per heavy atom. The molecule has 1 aliphatic rings. The number of hydrogen-bond acceptors (Lipinski definition) is 3. The maximum absolute atomic E-state index is 13.1. The molecule has 3 rings (SSSR count). The molecule has 1 atom stereocenters. The van der Waals surface area contributed by atoms with Gasteiger partial charge in [0.15, 0.2) is 0 Å². The van der Waals surface area contributed by atoms with Crippen molar-refractivity contribution < 1.29 is 9.59 Å². The number of carbonyl (C=O) groups is 2. The number of anilines is 1. The van der Waals surface area contributed by atoms with Gasteiger partial charge in [-0.15, -0.1) is 0 Å². The van der Waals surface area contributed by atoms with Crippen LogP contribution in [0.25, 0.3) is 0 Å². The standard InChI is InChI=1S/C22H30N4O2/c1-3-17(2)21(27)24-20-8-5-4-7-19(20)22(28)25-14-9-18(10-15-25)11-16-26-13-6-12-23-26/h4-8,12-13,17-18H,3,9-11,14-16H2,1-2H3,(H,24,27). The van der Waals surface area contributed by atoms with E-state index in [1.807, 2.05) is 53.9 Å². The summed E-state index contributed by atoms with van der Waals surface area (Å²) in [6.45, 7) is 6.33. The van der Waals surface area contributed by atoms with Crippen molar-refractivity contribution in [3.8, 4) is 0 Å². The maximum Gasteiger partial charge on any atom is 0.255 e. The van der Waals surface area contributed by atoms with Crippen molar-refractivity contribution in [1.82, 2.24) is 14.7 Å². The molecule has 150 valence electrons. The molecule has 1 saturated heterocycles. The summed E-state index contributed by atoms with van der Waals surface area (Å²) in [5, 5.41) is 7.18. The Morgan fingerprint density at radius 3 is 2.64 bits per heavy atom. The molecule has 0 bridgehead atoms. The Hall–Kier alpha value is -2.63. The zero-order valence-electron chi connectivity index (χ0n) is 16.8. The lowest BCUT2D eigenvalue weighted by Crippen LogP contribution is -2.39. The first-order valence-corrected chi connectivity index (χ1v) is 10.2. The van der Waals surface area contributed by atoms with Gasteiger partial charge in [0.05, 0.1) is 11.3 Å². The van der Waals surface area contributed by atoms with Gasteiger partial charge in [-0.25, -0.2) is 0 Å². The number of likely N-dealkylation sites (tertiary alicyclic amines) is 1. The van der Waals surface area contributed by atoms with Crippen LogP contribution in [0.4, 0.5) is 5.69 Å². The molecular weight excluding hydrogens is 352 g/mol. The molecule has 0 saturated carbocycles. The number of aryl methyl sites for hydroxylation is 1. The number of aromatic nitrogens is 2. The fourth-order valence-corrected chi connectivity index (χ4v) is 3.56. The molecule has 1 aromatic carbocycles. The average Bonchev–Trinajstić information content (AvgIpc) is 3.25. The molecule has 1 aliphatic heterocycles. The van der Waals surface area contributed by atoms with Crippen LogP contribution in [0.1, 0.15) is 49.9 Å². The van der Waals surface area contributed by atoms with Gasteiger partial charge in [-0.3, -0.25) is 14.3 Å². The van der Waals surface area contributed by atoms with Gasteiger partial charge < -0.3 is 10.2 Å². The van der Waals surface area contributed by atoms with E-state index in [9.17, 15) is 9.59 Å². The predicted octanol–water partition coefficient (Wildman–Crippen LogP) is 3.81. The summed E-state index contributed by atoms with van der Waals surface area (Å²) in [5.41, 5.74) is 1.19. The Morgan fingerprint density at radius 2 is 1.96 bits per heavy atom. The number of nitrogens with zero attached hydrogens (tertiary/aromatic N) is 3. The highest BCUT2D eigenvalue weighted by Crippen LogP contribution is 2.25. The Labute approximate surface area is 166 Å². The maximum atomic E-state index is 13.1. The van der Waals surface area contributed by atoms with Crippen molar-refractivity contribution >= 4 is 17.5 Å². The number of amides is 2. The van der Waals surface area contributed by atoms with Gasteiger partial charge in [0.1, 0.15) is 0 Å². The zero-order valence-corrected chi connectivity index (χ0v) is 16.8. The Kier molecular flexibility index (Phi) is 6.85. The lowest BCUT2D eigenvalue weighted by molar-refractivity contribution is -0.119. The highest BCUT2D eigenvalue weighted by Gasteiger charge is 2.25. The smallest absolute Gasteiger partial charge is 0.255 e. The zero-order chi connectivity index (χ0) is 19.9. The minimum atomic E-state index is -0.0753. The van der Waals surface area contributed by atoms with Crippen LogP contribution in [-0.4, -0.2) is 39.6 Å². The van der Waals surface area contributed by atoms with Crippen LogP contribution >= 0.6 is 0 Å². The first kappa shape index (κ1) is 20.1. The molecule has 2 heterocycles. The molecule has 1 aromatic heterocycles. The molecule has 2 amide bonds. The quantitative estimate of drug-likeness (QED) is 0.792. The van der Waals surface area contributed by atoms with Gasteiger partial charge in [-0.2, -0.15) is 5.10 Å². The van der Waals surface area contributed by atoms with Crippen molar-refractivity contribution in [2.45, 2.75) is 46.1 Å². The van der Waals surface area contributed by atoms with Crippen LogP contribution in [0.5, 0.6) is 0 Å². The minimum Gasteiger partial charge on any atom is -0.339 e. The van der Waals surface area contributed by atoms with Gasteiger partial charge >= 0.3 is 0 Å². The highest BCUT2D eigenvalue weighted by atomic mass is 16.2. The summed E-state index contributed by atoms with van der Waals surface area (Å²) >= 11 is 0. The van der Waals surface area contributed by atoms with E-state index in [0.717, 1.165) is 45.3 Å². The van der Waals surface area contributed by atoms with E-state index in [1.54, 1.807) is 12.3 Å². The SMILES string of the molecule is CCC(C)C(=O)Nc1ccccc1C(=O)N1CCC(CCn2cccn2)CC1. The van der Waals surface area contributed by atoms with E-state index in [4.69, 9.17) is 0 Å². The predicted molar refractivity (Wildman–Crippen MR) is 110 cm³/mol. The highest BCUT2D eigenvalue weighted by molar-refractivity contribution is 6.04. The summed E-state index contributed by atoms with van der Waals surface area (Å²) in [6, 6.07) is 9.26. The van der Waals surface area contributed by atoms with Crippen LogP contribution in [0.2, 0.25) is 0 Å². The number of rotatable bonds is 7. The Bertz CT molecular complexity index is 780. The fraction of sp³-hybridized carbons (Fsp3) is 0.500. The minimum absolute atomic E-state index is 0.00516. The average molecular weight is 383 g/mol. The summed E-state index contributed by atoms with van der Waals surface area (Å²) in [4.78, 5) is 27.2. The largest absolute Gasteiger partial charge is 0.339 e. The molecule has 6 heteroatoms. The molecule has 6 nitrogen and oxygen atoms in total. The number of piperidine rings is 1. The van der Waals surface area contributed by atoms with Gasteiger partial charge in [0.2, 0.25) is 5.91 Å². The van der Waals surface area contributed by atoms with Crippen LogP contribution < -0.4 is 5.32 Å². The third-order valence-electron chi connectivity index (χ3n) is 5.70. The molecule has 1 unspecified atom stereocenters. The van der Waals surface area contributed by atoms with Crippen molar-refractivity contribution in [2.75, 3.05) is 18.4 Å². The Balaban J connectivity index is 1.57. The lowest BCUT2D eigenvalue weighted by atomic mass is 9.93. The second kappa shape index (κ2) is 9.53. The van der Waals surface area contributed by atoms with E-state index in [1.165, 1.54) is 0 Å². The van der Waals surface area contributed by atoms with E-state index in [-0.39, 0.29) is 17.7 Å². The molecule has 28 heavy (non-hydrogen) atoms. The van der Waals surface area contributed by atoms with Gasteiger partial charge in [-0.05, 0) is 49.8 Å². The first-order chi connectivity index (χ1) is 13.6. The molecule has 0 aliphatic carbocycles. The van der Waals surface area contributed by atoms with Crippen molar-refractivity contribution in [3.05, 3.63) is 48.3 Å². The second-order valence-corrected chi connectivity index (χ2v) is 7.64. The van der Waals surface area contributed by atoms with Gasteiger partial charge in [-0.1, -0.05) is 26.0 Å². The molecule has 1 N–H and O–H groups in total. The first-order valence-electron chi connectivity index (χ1n) is 10.2. The van der Waals surface area contributed by atoms with Crippen molar-refractivity contribution in [3.63, 3.8) is 0 Å². The normalized spacial score (nSPS) is 16.0. The van der Waals surface area contributed by atoms with Gasteiger partial charge in [0, 0.05) is 37.9 Å². The molecule has 0 spiro atoms. The second-order valence-electron chi connectivity index (χ2n) is 7.64. The molecule has 1 fully saturated rings. The third kappa shape index (κ3) is 5.00. The number of nitrogens with one attached hydrogen (secondary N) is 1. The number of carbonyl (C=O) groups excluding carboxylic acids is 2. The van der Waals surface area contributed by atoms with Gasteiger partial charge in [0.25, 0.3) is 5.91 Å². The summed E-state index contributed by atoms with van der Waals surface area (Å²) in [5.74, 6) is 0.507. The van der Waals surface area contributed by atoms with Crippen molar-refractivity contribution in [2.24, 2.45) is 11.8 Å². The number of para-hydroxylation sites is 1. The molecule has 2 aromatic rings. The summed E-state index contributed by atoms with van der Waals surface area (Å²) in [6.07, 6.45) is 7.67. The summed E-state index contributed by atoms with van der Waals surface area (Å²) < 4.78 is 1.97. The van der Waals surface area contributed by atoms with E-state index < -0.39 is 0 Å². The van der Waals surface area contributed by atoms with E-state index >= 15 is 0 Å². The number of benzene rings is 1. The monoisotopic (exact) mass is 382 g/mol. The van der Waals surface area contributed by atoms with E-state index in [0.29, 0.717) is 17.2 Å².